The number of anilines is 1. The van der Waals surface area contributed by atoms with E-state index in [9.17, 15) is 0 Å². The molecule has 0 amide bonds. The summed E-state index contributed by atoms with van der Waals surface area (Å²) in [6, 6.07) is 3.63. The predicted molar refractivity (Wildman–Crippen MR) is 56.0 cm³/mol. The smallest absolute Gasteiger partial charge is 0.237 e. The lowest BCUT2D eigenvalue weighted by Crippen LogP contribution is -2.28. The summed E-state index contributed by atoms with van der Waals surface area (Å²) < 4.78 is 5.58. The summed E-state index contributed by atoms with van der Waals surface area (Å²) >= 11 is 0. The first kappa shape index (κ1) is 9.31. The molecule has 2 atom stereocenters. The van der Waals surface area contributed by atoms with Gasteiger partial charge in [-0.1, -0.05) is 6.92 Å². The summed E-state index contributed by atoms with van der Waals surface area (Å²) in [5.74, 6) is 2.06. The van der Waals surface area contributed by atoms with Crippen molar-refractivity contribution in [1.82, 2.24) is 4.98 Å². The SMILES string of the molecule is C[C@@H]1CC[C@H]1COc1ncccc1N. The fourth-order valence-corrected chi connectivity index (χ4v) is 1.69. The van der Waals surface area contributed by atoms with E-state index in [1.807, 2.05) is 12.1 Å². The Labute approximate surface area is 84.3 Å². The fourth-order valence-electron chi connectivity index (χ4n) is 1.69. The van der Waals surface area contributed by atoms with Gasteiger partial charge in [0, 0.05) is 6.20 Å². The van der Waals surface area contributed by atoms with Crippen molar-refractivity contribution in [2.24, 2.45) is 11.8 Å². The molecule has 76 valence electrons. The van der Waals surface area contributed by atoms with Gasteiger partial charge in [-0.3, -0.25) is 0 Å². The monoisotopic (exact) mass is 192 g/mol. The second kappa shape index (κ2) is 3.86. The molecule has 0 bridgehead atoms. The van der Waals surface area contributed by atoms with E-state index in [1.54, 1.807) is 6.20 Å². The summed E-state index contributed by atoms with van der Waals surface area (Å²) in [6.07, 6.45) is 4.30. The highest BCUT2D eigenvalue weighted by molar-refractivity contribution is 5.46. The molecule has 1 aromatic heterocycles. The van der Waals surface area contributed by atoms with Gasteiger partial charge in [0.25, 0.3) is 0 Å². The van der Waals surface area contributed by atoms with Gasteiger partial charge in [-0.25, -0.2) is 4.98 Å². The Morgan fingerprint density at radius 2 is 2.43 bits per heavy atom. The summed E-state index contributed by atoms with van der Waals surface area (Å²) in [7, 11) is 0. The van der Waals surface area contributed by atoms with Crippen LogP contribution in [0, 0.1) is 11.8 Å². The lowest BCUT2D eigenvalue weighted by atomic mass is 9.75. The van der Waals surface area contributed by atoms with Crippen LogP contribution in [0.3, 0.4) is 0 Å². The number of nitrogen functional groups attached to an aromatic ring is 1. The van der Waals surface area contributed by atoms with E-state index in [2.05, 4.69) is 11.9 Å². The lowest BCUT2D eigenvalue weighted by Gasteiger charge is -2.33. The van der Waals surface area contributed by atoms with Crippen molar-refractivity contribution in [2.45, 2.75) is 19.8 Å². The lowest BCUT2D eigenvalue weighted by molar-refractivity contribution is 0.114. The van der Waals surface area contributed by atoms with E-state index in [0.29, 0.717) is 17.5 Å². The predicted octanol–water partition coefficient (Wildman–Crippen LogP) is 2.09. The van der Waals surface area contributed by atoms with Crippen LogP contribution < -0.4 is 10.5 Å². The van der Waals surface area contributed by atoms with E-state index >= 15 is 0 Å². The molecule has 0 radical (unpaired) electrons. The zero-order valence-electron chi connectivity index (χ0n) is 8.44. The molecule has 0 aliphatic heterocycles. The Kier molecular flexibility index (Phi) is 2.57. The van der Waals surface area contributed by atoms with Crippen molar-refractivity contribution in [2.75, 3.05) is 12.3 Å². The highest BCUT2D eigenvalue weighted by Gasteiger charge is 2.27. The minimum absolute atomic E-state index is 0.576. The molecule has 1 saturated carbocycles. The first-order chi connectivity index (χ1) is 6.77. The summed E-state index contributed by atoms with van der Waals surface area (Å²) in [5, 5.41) is 0. The first-order valence-electron chi connectivity index (χ1n) is 5.10. The van der Waals surface area contributed by atoms with Gasteiger partial charge < -0.3 is 10.5 Å². The van der Waals surface area contributed by atoms with Gasteiger partial charge in [-0.15, -0.1) is 0 Å². The van der Waals surface area contributed by atoms with Gasteiger partial charge >= 0.3 is 0 Å². The molecule has 1 heterocycles. The topological polar surface area (TPSA) is 48.1 Å². The molecule has 14 heavy (non-hydrogen) atoms. The molecule has 1 fully saturated rings. The minimum atomic E-state index is 0.576. The van der Waals surface area contributed by atoms with Crippen LogP contribution in [0.25, 0.3) is 0 Å². The van der Waals surface area contributed by atoms with Crippen LogP contribution in [-0.2, 0) is 0 Å². The van der Waals surface area contributed by atoms with Gasteiger partial charge in [0.05, 0.1) is 12.3 Å². The Morgan fingerprint density at radius 1 is 1.57 bits per heavy atom. The van der Waals surface area contributed by atoms with Crippen LogP contribution >= 0.6 is 0 Å². The zero-order chi connectivity index (χ0) is 9.97. The second-order valence-electron chi connectivity index (χ2n) is 4.02. The Bertz CT molecular complexity index is 314. The average molecular weight is 192 g/mol. The molecule has 0 saturated heterocycles. The van der Waals surface area contributed by atoms with E-state index in [4.69, 9.17) is 10.5 Å². The third-order valence-electron chi connectivity index (χ3n) is 3.03. The van der Waals surface area contributed by atoms with Gasteiger partial charge in [0.15, 0.2) is 0 Å². The molecule has 2 rings (SSSR count). The van der Waals surface area contributed by atoms with Crippen molar-refractivity contribution in [3.8, 4) is 5.88 Å². The van der Waals surface area contributed by atoms with Gasteiger partial charge in [0.2, 0.25) is 5.88 Å². The number of ether oxygens (including phenoxy) is 1. The largest absolute Gasteiger partial charge is 0.476 e. The summed E-state index contributed by atoms with van der Waals surface area (Å²) in [4.78, 5) is 4.09. The third kappa shape index (κ3) is 1.81. The average Bonchev–Trinajstić information content (AvgIpc) is 2.19. The van der Waals surface area contributed by atoms with Crippen molar-refractivity contribution >= 4 is 5.69 Å². The van der Waals surface area contributed by atoms with Crippen LogP contribution in [0.1, 0.15) is 19.8 Å². The van der Waals surface area contributed by atoms with Crippen LogP contribution in [0.2, 0.25) is 0 Å². The maximum Gasteiger partial charge on any atom is 0.237 e. The summed E-state index contributed by atoms with van der Waals surface area (Å²) in [6.45, 7) is 3.02. The van der Waals surface area contributed by atoms with Crippen LogP contribution in [0.4, 0.5) is 5.69 Å². The molecule has 3 nitrogen and oxygen atoms in total. The van der Waals surface area contributed by atoms with Crippen LogP contribution in [-0.4, -0.2) is 11.6 Å². The molecule has 1 aliphatic carbocycles. The number of nitrogens with zero attached hydrogens (tertiary/aromatic N) is 1. The number of nitrogens with two attached hydrogens (primary N) is 1. The number of rotatable bonds is 3. The third-order valence-corrected chi connectivity index (χ3v) is 3.03. The zero-order valence-corrected chi connectivity index (χ0v) is 8.44. The standard InChI is InChI=1S/C11H16N2O/c1-8-4-5-9(8)7-14-11-10(12)3-2-6-13-11/h2-3,6,8-9H,4-5,7,12H2,1H3/t8-,9+/m1/s1. The highest BCUT2D eigenvalue weighted by Crippen LogP contribution is 2.34. The molecule has 0 unspecified atom stereocenters. The van der Waals surface area contributed by atoms with Crippen molar-refractivity contribution in [3.63, 3.8) is 0 Å². The van der Waals surface area contributed by atoms with Gasteiger partial charge in [-0.2, -0.15) is 0 Å². The van der Waals surface area contributed by atoms with Crippen molar-refractivity contribution in [3.05, 3.63) is 18.3 Å². The van der Waals surface area contributed by atoms with Gasteiger partial charge in [-0.05, 0) is 36.8 Å². The molecular weight excluding hydrogens is 176 g/mol. The molecule has 1 aromatic rings. The van der Waals surface area contributed by atoms with E-state index in [-0.39, 0.29) is 0 Å². The maximum atomic E-state index is 5.71. The molecule has 3 heteroatoms. The fraction of sp³-hybridized carbons (Fsp3) is 0.545. The van der Waals surface area contributed by atoms with E-state index < -0.39 is 0 Å². The molecule has 1 aliphatic rings. The second-order valence-corrected chi connectivity index (χ2v) is 4.02. The van der Waals surface area contributed by atoms with Crippen molar-refractivity contribution in [1.29, 1.82) is 0 Å². The Morgan fingerprint density at radius 3 is 3.00 bits per heavy atom. The van der Waals surface area contributed by atoms with Gasteiger partial charge in [0.1, 0.15) is 0 Å². The molecule has 2 N–H and O–H groups in total. The number of pyridine rings is 1. The normalized spacial score (nSPS) is 25.5. The maximum absolute atomic E-state index is 5.71. The van der Waals surface area contributed by atoms with Crippen LogP contribution in [0.5, 0.6) is 5.88 Å². The van der Waals surface area contributed by atoms with Crippen molar-refractivity contribution < 1.29 is 4.74 Å². The number of aromatic nitrogens is 1. The van der Waals surface area contributed by atoms with E-state index in [1.165, 1.54) is 12.8 Å². The first-order valence-corrected chi connectivity index (χ1v) is 5.10. The minimum Gasteiger partial charge on any atom is -0.476 e. The number of hydrogen-bond acceptors (Lipinski definition) is 3. The molecular formula is C11H16N2O. The Hall–Kier alpha value is -1.25. The Balaban J connectivity index is 1.88. The van der Waals surface area contributed by atoms with E-state index in [0.717, 1.165) is 12.5 Å². The highest BCUT2D eigenvalue weighted by atomic mass is 16.5. The molecule has 0 aromatic carbocycles. The molecule has 0 spiro atoms. The number of hydrogen-bond donors (Lipinski definition) is 1. The summed E-state index contributed by atoms with van der Waals surface area (Å²) in [5.41, 5.74) is 6.34. The quantitative estimate of drug-likeness (QED) is 0.797. The van der Waals surface area contributed by atoms with Crippen LogP contribution in [0.15, 0.2) is 18.3 Å².